The van der Waals surface area contributed by atoms with Crippen LogP contribution in [0.25, 0.3) is 22.3 Å². The van der Waals surface area contributed by atoms with E-state index in [0.29, 0.717) is 23.1 Å². The number of aliphatic hydroxyl groups excluding tert-OH is 3. The van der Waals surface area contributed by atoms with Crippen molar-refractivity contribution in [3.05, 3.63) is 78.4 Å². The van der Waals surface area contributed by atoms with Crippen molar-refractivity contribution in [3.63, 3.8) is 0 Å². The molecule has 5 rings (SSSR count). The van der Waals surface area contributed by atoms with Crippen LogP contribution in [0.3, 0.4) is 0 Å². The summed E-state index contributed by atoms with van der Waals surface area (Å²) in [5.41, 5.74) is 3.49. The molecule has 2 heterocycles. The molecule has 0 spiro atoms. The first-order valence-electron chi connectivity index (χ1n) is 12.6. The van der Waals surface area contributed by atoms with Gasteiger partial charge < -0.3 is 35.4 Å². The molecule has 0 unspecified atom stereocenters. The van der Waals surface area contributed by atoms with E-state index >= 15 is 0 Å². The average Bonchev–Trinajstić information content (AvgIpc) is 2.93. The van der Waals surface area contributed by atoms with Crippen molar-refractivity contribution >= 4 is 28.3 Å². The molecule has 1 fully saturated rings. The number of nitrogens with one attached hydrogen (secondary N) is 2. The number of carbonyl (C=O) groups is 1. The number of hydrogen-bond acceptors (Lipinski definition) is 9. The minimum absolute atomic E-state index is 0.373. The van der Waals surface area contributed by atoms with Crippen LogP contribution in [0, 0.1) is 6.92 Å². The molecular weight excluding hydrogens is 500 g/mol. The van der Waals surface area contributed by atoms with Crippen LogP contribution in [0.1, 0.15) is 12.5 Å². The predicted octanol–water partition coefficient (Wildman–Crippen LogP) is 2.67. The number of amides is 1. The smallest absolute Gasteiger partial charge is 0.223 e. The van der Waals surface area contributed by atoms with Gasteiger partial charge in [-0.05, 0) is 31.2 Å². The van der Waals surface area contributed by atoms with Crippen molar-refractivity contribution in [3.8, 4) is 17.1 Å². The highest BCUT2D eigenvalue weighted by molar-refractivity contribution is 5.92. The number of aromatic nitrogens is 2. The van der Waals surface area contributed by atoms with E-state index in [2.05, 4.69) is 10.6 Å². The highest BCUT2D eigenvalue weighted by Crippen LogP contribution is 2.30. The number of para-hydroxylation sites is 1. The highest BCUT2D eigenvalue weighted by Gasteiger charge is 2.46. The first-order valence-corrected chi connectivity index (χ1v) is 12.6. The van der Waals surface area contributed by atoms with Crippen molar-refractivity contribution < 1.29 is 29.6 Å². The highest BCUT2D eigenvalue weighted by atomic mass is 16.7. The third-order valence-corrected chi connectivity index (χ3v) is 6.51. The number of ether oxygens (including phenoxy) is 2. The number of aryl methyl sites for hydroxylation is 1. The van der Waals surface area contributed by atoms with E-state index in [1.165, 1.54) is 6.92 Å². The van der Waals surface area contributed by atoms with Gasteiger partial charge in [0.25, 0.3) is 0 Å². The molecule has 1 amide bonds. The van der Waals surface area contributed by atoms with Crippen LogP contribution < -0.4 is 15.4 Å². The normalized spacial score (nSPS) is 22.8. The molecule has 0 saturated carbocycles. The lowest BCUT2D eigenvalue weighted by atomic mass is 9.97. The maximum atomic E-state index is 11.7. The lowest BCUT2D eigenvalue weighted by molar-refractivity contribution is -0.244. The molecular formula is C29H30N4O6. The summed E-state index contributed by atoms with van der Waals surface area (Å²) in [4.78, 5) is 21.3. The first-order chi connectivity index (χ1) is 18.8. The van der Waals surface area contributed by atoms with Gasteiger partial charge in [-0.15, -0.1) is 0 Å². The summed E-state index contributed by atoms with van der Waals surface area (Å²) < 4.78 is 11.7. The van der Waals surface area contributed by atoms with Crippen LogP contribution in [0.4, 0.5) is 11.5 Å². The topological polar surface area (TPSA) is 146 Å². The molecule has 202 valence electrons. The molecule has 1 aromatic heterocycles. The number of aliphatic hydroxyl groups is 3. The van der Waals surface area contributed by atoms with Gasteiger partial charge in [-0.25, -0.2) is 9.97 Å². The Labute approximate surface area is 225 Å². The lowest BCUT2D eigenvalue weighted by Crippen LogP contribution is -2.65. The monoisotopic (exact) mass is 530 g/mol. The molecule has 0 aliphatic carbocycles. The van der Waals surface area contributed by atoms with Crippen molar-refractivity contribution in [2.24, 2.45) is 0 Å². The minimum Gasteiger partial charge on any atom is -0.462 e. The van der Waals surface area contributed by atoms with Gasteiger partial charge in [0.2, 0.25) is 12.2 Å². The van der Waals surface area contributed by atoms with Gasteiger partial charge in [0.05, 0.1) is 12.1 Å². The van der Waals surface area contributed by atoms with E-state index < -0.39 is 43.2 Å². The van der Waals surface area contributed by atoms with Gasteiger partial charge in [-0.2, -0.15) is 0 Å². The fourth-order valence-corrected chi connectivity index (χ4v) is 4.49. The second-order valence-electron chi connectivity index (χ2n) is 9.48. The molecule has 1 aliphatic heterocycles. The molecule has 5 N–H and O–H groups in total. The summed E-state index contributed by atoms with van der Waals surface area (Å²) in [6, 6.07) is 21.7. The number of anilines is 2. The van der Waals surface area contributed by atoms with Crippen molar-refractivity contribution in [2.75, 3.05) is 11.9 Å². The van der Waals surface area contributed by atoms with Crippen molar-refractivity contribution in [1.29, 1.82) is 0 Å². The van der Waals surface area contributed by atoms with Crippen molar-refractivity contribution in [2.45, 2.75) is 44.5 Å². The zero-order valence-electron chi connectivity index (χ0n) is 21.5. The quantitative estimate of drug-likeness (QED) is 0.243. The Morgan fingerprint density at radius 3 is 2.51 bits per heavy atom. The van der Waals surface area contributed by atoms with E-state index in [0.717, 1.165) is 22.0 Å². The zero-order chi connectivity index (χ0) is 27.5. The Hall–Kier alpha value is -4.09. The molecule has 10 heteroatoms. The van der Waals surface area contributed by atoms with Gasteiger partial charge in [0.15, 0.2) is 5.82 Å². The van der Waals surface area contributed by atoms with E-state index in [-0.39, 0.29) is 0 Å². The predicted molar refractivity (Wildman–Crippen MR) is 145 cm³/mol. The molecule has 4 aromatic rings. The number of carbonyl (C=O) groups excluding carboxylic acids is 1. The summed E-state index contributed by atoms with van der Waals surface area (Å²) in [6.45, 7) is 2.78. The maximum Gasteiger partial charge on any atom is 0.223 e. The number of nitrogens with zero attached hydrogens (tertiary/aromatic N) is 2. The maximum absolute atomic E-state index is 11.7. The van der Waals surface area contributed by atoms with Crippen molar-refractivity contribution in [1.82, 2.24) is 15.3 Å². The first kappa shape index (κ1) is 26.5. The van der Waals surface area contributed by atoms with Gasteiger partial charge in [0.1, 0.15) is 35.9 Å². The molecule has 3 aromatic carbocycles. The summed E-state index contributed by atoms with van der Waals surface area (Å²) in [5, 5.41) is 37.2. The van der Waals surface area contributed by atoms with E-state index in [1.54, 1.807) is 18.2 Å². The number of rotatable bonds is 7. The van der Waals surface area contributed by atoms with Crippen LogP contribution in [0.2, 0.25) is 0 Å². The Morgan fingerprint density at radius 2 is 1.77 bits per heavy atom. The fraction of sp³-hybridized carbons (Fsp3) is 0.276. The molecule has 1 saturated heterocycles. The Balaban J connectivity index is 1.43. The molecule has 10 nitrogen and oxygen atoms in total. The summed E-state index contributed by atoms with van der Waals surface area (Å²) >= 11 is 0. The fourth-order valence-electron chi connectivity index (χ4n) is 4.49. The van der Waals surface area contributed by atoms with Crippen LogP contribution in [0.15, 0.2) is 72.8 Å². The third kappa shape index (κ3) is 5.84. The zero-order valence-corrected chi connectivity index (χ0v) is 21.5. The average molecular weight is 531 g/mol. The molecule has 1 aliphatic rings. The number of fused-ring (bicyclic) bond motifs is 1. The molecule has 39 heavy (non-hydrogen) atoms. The second kappa shape index (κ2) is 11.3. The largest absolute Gasteiger partial charge is 0.462 e. The number of hydrogen-bond donors (Lipinski definition) is 5. The number of benzene rings is 3. The third-order valence-electron chi connectivity index (χ3n) is 6.51. The summed E-state index contributed by atoms with van der Waals surface area (Å²) in [5.74, 6) is 1.14. The van der Waals surface area contributed by atoms with Crippen LogP contribution in [0.5, 0.6) is 5.75 Å². The summed E-state index contributed by atoms with van der Waals surface area (Å²) in [6.07, 6.45) is -5.04. The van der Waals surface area contributed by atoms with Gasteiger partial charge >= 0.3 is 0 Å². The van der Waals surface area contributed by atoms with Crippen LogP contribution >= 0.6 is 0 Å². The second-order valence-corrected chi connectivity index (χ2v) is 9.48. The molecule has 0 radical (unpaired) electrons. The Kier molecular flexibility index (Phi) is 7.71. The van der Waals surface area contributed by atoms with E-state index in [9.17, 15) is 20.1 Å². The Morgan fingerprint density at radius 1 is 1.00 bits per heavy atom. The SMILES string of the molecule is CC(=O)N[C@@H]1[C@@H](Oc2cccc(Nc3nc(-c4ccc(C)cc4)nc4ccccc34)c2)O[C@@H](CO)[C@@H](O)[C@H]1O. The van der Waals surface area contributed by atoms with Gasteiger partial charge in [-0.1, -0.05) is 48.0 Å². The lowest BCUT2D eigenvalue weighted by Gasteiger charge is -2.42. The van der Waals surface area contributed by atoms with E-state index in [1.807, 2.05) is 61.5 Å². The van der Waals surface area contributed by atoms with E-state index in [4.69, 9.17) is 19.4 Å². The Bertz CT molecular complexity index is 1460. The molecule has 5 atom stereocenters. The minimum atomic E-state index is -1.40. The van der Waals surface area contributed by atoms with Gasteiger partial charge in [-0.3, -0.25) is 4.79 Å². The van der Waals surface area contributed by atoms with Crippen LogP contribution in [-0.4, -0.2) is 68.4 Å². The molecule has 0 bridgehead atoms. The van der Waals surface area contributed by atoms with Gasteiger partial charge in [0, 0.05) is 29.6 Å². The standard InChI is InChI=1S/C29H30N4O6/c1-16-10-12-18(13-11-16)27-32-22-9-4-3-8-21(22)28(33-27)31-19-6-5-7-20(14-19)38-29-24(30-17(2)35)26(37)25(36)23(15-34)39-29/h3-14,23-26,29,34,36-37H,15H2,1-2H3,(H,30,35)(H,31,32,33)/t23-,24-,25+,26-,29-/m0/s1. The van der Waals surface area contributed by atoms with Crippen LogP contribution in [-0.2, 0) is 9.53 Å². The summed E-state index contributed by atoms with van der Waals surface area (Å²) in [7, 11) is 0.